The Kier molecular flexibility index (Phi) is 3.70. The molecule has 2 N–H and O–H groups in total. The third-order valence-electron chi connectivity index (χ3n) is 1.53. The van der Waals surface area contributed by atoms with Gasteiger partial charge in [-0.05, 0) is 18.6 Å². The molecule has 0 aromatic carbocycles. The summed E-state index contributed by atoms with van der Waals surface area (Å²) in [5.41, 5.74) is -0.415. The SMILES string of the molecule is O=C(O)C=C(N=C1CCCS1)C(=O)O. The number of aliphatic imine (C=N–C) groups is 1. The molecule has 0 bridgehead atoms. The van der Waals surface area contributed by atoms with Gasteiger partial charge in [0, 0.05) is 0 Å². The van der Waals surface area contributed by atoms with Crippen LogP contribution >= 0.6 is 11.8 Å². The molecule has 14 heavy (non-hydrogen) atoms. The Balaban J connectivity index is 2.83. The summed E-state index contributed by atoms with van der Waals surface area (Å²) in [6.07, 6.45) is 2.30. The molecule has 0 atom stereocenters. The summed E-state index contributed by atoms with van der Waals surface area (Å²) in [7, 11) is 0. The molecule has 0 amide bonds. The standard InChI is InChI=1S/C8H9NO4S/c10-7(11)4-5(8(12)13)9-6-2-1-3-14-6/h4H,1-3H2,(H,10,11)(H,12,13). The minimum absolute atomic E-state index is 0.415. The molecule has 1 rings (SSSR count). The van der Waals surface area contributed by atoms with Gasteiger partial charge in [-0.25, -0.2) is 14.6 Å². The van der Waals surface area contributed by atoms with E-state index in [1.54, 1.807) is 0 Å². The Morgan fingerprint density at radius 1 is 1.43 bits per heavy atom. The highest BCUT2D eigenvalue weighted by molar-refractivity contribution is 8.14. The molecule has 1 saturated heterocycles. The second-order valence-corrected chi connectivity index (χ2v) is 3.80. The average molecular weight is 215 g/mol. The number of nitrogens with zero attached hydrogens (tertiary/aromatic N) is 1. The lowest BCUT2D eigenvalue weighted by Gasteiger charge is -1.95. The number of thioether (sulfide) groups is 1. The second-order valence-electron chi connectivity index (χ2n) is 2.63. The third-order valence-corrected chi connectivity index (χ3v) is 2.65. The van der Waals surface area contributed by atoms with Gasteiger partial charge in [-0.1, -0.05) is 0 Å². The maximum atomic E-state index is 10.6. The highest BCUT2D eigenvalue weighted by Gasteiger charge is 2.13. The van der Waals surface area contributed by atoms with Crippen molar-refractivity contribution >= 4 is 28.7 Å². The molecule has 0 aromatic heterocycles. The van der Waals surface area contributed by atoms with E-state index in [4.69, 9.17) is 10.2 Å². The minimum atomic E-state index is -1.31. The second kappa shape index (κ2) is 4.80. The number of hydrogen-bond donors (Lipinski definition) is 2. The van der Waals surface area contributed by atoms with Crippen LogP contribution in [-0.2, 0) is 9.59 Å². The molecule has 6 heteroatoms. The zero-order chi connectivity index (χ0) is 10.6. The maximum absolute atomic E-state index is 10.6. The van der Waals surface area contributed by atoms with Crippen LogP contribution in [0.3, 0.4) is 0 Å². The van der Waals surface area contributed by atoms with Crippen molar-refractivity contribution in [2.75, 3.05) is 5.75 Å². The first-order valence-corrected chi connectivity index (χ1v) is 4.96. The summed E-state index contributed by atoms with van der Waals surface area (Å²) in [6, 6.07) is 0. The van der Waals surface area contributed by atoms with E-state index in [0.717, 1.165) is 18.6 Å². The quantitative estimate of drug-likeness (QED) is 0.685. The van der Waals surface area contributed by atoms with Crippen LogP contribution < -0.4 is 0 Å². The zero-order valence-electron chi connectivity index (χ0n) is 7.27. The summed E-state index contributed by atoms with van der Waals surface area (Å²) >= 11 is 1.47. The zero-order valence-corrected chi connectivity index (χ0v) is 8.08. The minimum Gasteiger partial charge on any atom is -0.478 e. The summed E-state index contributed by atoms with van der Waals surface area (Å²) in [5.74, 6) is -1.69. The Hall–Kier alpha value is -1.30. The molecule has 1 fully saturated rings. The van der Waals surface area contributed by atoms with Gasteiger partial charge in [0.05, 0.1) is 11.1 Å². The van der Waals surface area contributed by atoms with Gasteiger partial charge in [0.1, 0.15) is 0 Å². The van der Waals surface area contributed by atoms with E-state index in [1.165, 1.54) is 11.8 Å². The first-order valence-electron chi connectivity index (χ1n) is 3.98. The van der Waals surface area contributed by atoms with Crippen LogP contribution in [0.15, 0.2) is 16.8 Å². The highest BCUT2D eigenvalue weighted by atomic mass is 32.2. The number of rotatable bonds is 3. The van der Waals surface area contributed by atoms with Crippen LogP contribution in [0.2, 0.25) is 0 Å². The Bertz CT molecular complexity index is 313. The van der Waals surface area contributed by atoms with Crippen LogP contribution in [-0.4, -0.2) is 32.9 Å². The molecular formula is C8H9NO4S. The highest BCUT2D eigenvalue weighted by Crippen LogP contribution is 2.21. The van der Waals surface area contributed by atoms with Gasteiger partial charge in [0.2, 0.25) is 0 Å². The summed E-state index contributed by atoms with van der Waals surface area (Å²) in [4.78, 5) is 24.6. The maximum Gasteiger partial charge on any atom is 0.354 e. The normalized spacial score (nSPS) is 20.0. The Morgan fingerprint density at radius 2 is 2.14 bits per heavy atom. The van der Waals surface area contributed by atoms with Crippen LogP contribution in [0.25, 0.3) is 0 Å². The molecule has 0 aliphatic carbocycles. The van der Waals surface area contributed by atoms with Gasteiger partial charge in [0.15, 0.2) is 5.70 Å². The molecule has 1 aliphatic heterocycles. The van der Waals surface area contributed by atoms with Crippen LogP contribution in [0.4, 0.5) is 0 Å². The molecule has 0 radical (unpaired) electrons. The van der Waals surface area contributed by atoms with Gasteiger partial charge >= 0.3 is 11.9 Å². The molecular weight excluding hydrogens is 206 g/mol. The Morgan fingerprint density at radius 3 is 2.57 bits per heavy atom. The van der Waals surface area contributed by atoms with Gasteiger partial charge in [-0.15, -0.1) is 11.8 Å². The predicted molar refractivity (Wildman–Crippen MR) is 52.5 cm³/mol. The van der Waals surface area contributed by atoms with Crippen LogP contribution in [0.1, 0.15) is 12.8 Å². The van der Waals surface area contributed by atoms with Crippen LogP contribution in [0.5, 0.6) is 0 Å². The Labute approximate surface area is 84.5 Å². The molecule has 76 valence electrons. The van der Waals surface area contributed by atoms with Crippen LogP contribution in [0, 0.1) is 0 Å². The van der Waals surface area contributed by atoms with Crippen molar-refractivity contribution in [1.82, 2.24) is 0 Å². The van der Waals surface area contributed by atoms with Crippen molar-refractivity contribution in [2.45, 2.75) is 12.8 Å². The lowest BCUT2D eigenvalue weighted by molar-refractivity contribution is -0.135. The molecule has 0 saturated carbocycles. The fourth-order valence-corrected chi connectivity index (χ4v) is 1.94. The molecule has 5 nitrogen and oxygen atoms in total. The number of carboxylic acids is 2. The monoisotopic (exact) mass is 215 g/mol. The van der Waals surface area contributed by atoms with Crippen molar-refractivity contribution in [1.29, 1.82) is 0 Å². The first kappa shape index (κ1) is 10.8. The smallest absolute Gasteiger partial charge is 0.354 e. The largest absolute Gasteiger partial charge is 0.478 e. The van der Waals surface area contributed by atoms with E-state index in [-0.39, 0.29) is 0 Å². The third kappa shape index (κ3) is 3.21. The molecule has 1 heterocycles. The van der Waals surface area contributed by atoms with Crippen molar-refractivity contribution in [2.24, 2.45) is 4.99 Å². The number of carboxylic acid groups (broad SMARTS) is 2. The fourth-order valence-electron chi connectivity index (χ4n) is 0.967. The van der Waals surface area contributed by atoms with E-state index >= 15 is 0 Å². The van der Waals surface area contributed by atoms with Gasteiger partial charge in [-0.3, -0.25) is 0 Å². The van der Waals surface area contributed by atoms with Crippen molar-refractivity contribution in [3.05, 3.63) is 11.8 Å². The lowest BCUT2D eigenvalue weighted by atomic mass is 10.3. The van der Waals surface area contributed by atoms with Gasteiger partial charge in [-0.2, -0.15) is 0 Å². The van der Waals surface area contributed by atoms with Crippen molar-refractivity contribution in [3.8, 4) is 0 Å². The summed E-state index contributed by atoms with van der Waals surface area (Å²) in [6.45, 7) is 0. The molecule has 0 unspecified atom stereocenters. The van der Waals surface area contributed by atoms with E-state index in [9.17, 15) is 9.59 Å². The summed E-state index contributed by atoms with van der Waals surface area (Å²) < 4.78 is 0. The average Bonchev–Trinajstić information content (AvgIpc) is 2.54. The molecule has 0 aromatic rings. The van der Waals surface area contributed by atoms with E-state index in [1.807, 2.05) is 0 Å². The van der Waals surface area contributed by atoms with Crippen molar-refractivity contribution in [3.63, 3.8) is 0 Å². The van der Waals surface area contributed by atoms with E-state index in [2.05, 4.69) is 4.99 Å². The topological polar surface area (TPSA) is 87.0 Å². The molecule has 1 aliphatic rings. The number of hydrogen-bond acceptors (Lipinski definition) is 4. The fraction of sp³-hybridized carbons (Fsp3) is 0.375. The predicted octanol–water partition coefficient (Wildman–Crippen LogP) is 0.965. The summed E-state index contributed by atoms with van der Waals surface area (Å²) in [5, 5.41) is 17.7. The first-order chi connectivity index (χ1) is 6.59. The van der Waals surface area contributed by atoms with E-state index in [0.29, 0.717) is 11.1 Å². The number of aliphatic carboxylic acids is 2. The van der Waals surface area contributed by atoms with E-state index < -0.39 is 17.6 Å². The molecule has 0 spiro atoms. The van der Waals surface area contributed by atoms with Gasteiger partial charge < -0.3 is 10.2 Å². The lowest BCUT2D eigenvalue weighted by Crippen LogP contribution is -2.03. The number of carbonyl (C=O) groups is 2. The van der Waals surface area contributed by atoms with Crippen molar-refractivity contribution < 1.29 is 19.8 Å². The van der Waals surface area contributed by atoms with Gasteiger partial charge in [0.25, 0.3) is 0 Å².